The second-order valence-electron chi connectivity index (χ2n) is 4.08. The first-order valence-corrected chi connectivity index (χ1v) is 6.40. The van der Waals surface area contributed by atoms with Crippen molar-refractivity contribution in [3.8, 4) is 6.07 Å². The molecule has 0 saturated carbocycles. The van der Waals surface area contributed by atoms with Crippen molar-refractivity contribution in [3.05, 3.63) is 57.3 Å². The van der Waals surface area contributed by atoms with Gasteiger partial charge in [-0.3, -0.25) is 4.79 Å². The van der Waals surface area contributed by atoms with E-state index in [9.17, 15) is 4.79 Å². The van der Waals surface area contributed by atoms with Gasteiger partial charge in [0.1, 0.15) is 11.2 Å². The third-order valence-electron chi connectivity index (χ3n) is 2.53. The van der Waals surface area contributed by atoms with Gasteiger partial charge in [-0.1, -0.05) is 23.2 Å². The highest BCUT2D eigenvalue weighted by molar-refractivity contribution is 6.31. The fourth-order valence-electron chi connectivity index (χ4n) is 1.67. The standard InChI is InChI=1S/C14H9Cl2N3O/c1-8-4-10(5-13(16)18-8)14(20)19-12-6-11(15)3-2-9(12)7-17/h2-6H,1H3,(H,19,20). The number of carbonyl (C=O) groups excluding carboxylic acids is 1. The van der Waals surface area contributed by atoms with Gasteiger partial charge in [-0.2, -0.15) is 5.26 Å². The van der Waals surface area contributed by atoms with Crippen molar-refractivity contribution in [1.82, 2.24) is 4.98 Å². The molecule has 0 radical (unpaired) electrons. The monoisotopic (exact) mass is 305 g/mol. The molecule has 2 aromatic rings. The van der Waals surface area contributed by atoms with Crippen molar-refractivity contribution in [2.45, 2.75) is 6.92 Å². The molecule has 0 bridgehead atoms. The minimum absolute atomic E-state index is 0.238. The van der Waals surface area contributed by atoms with Gasteiger partial charge in [0.2, 0.25) is 0 Å². The molecule has 1 heterocycles. The van der Waals surface area contributed by atoms with Crippen molar-refractivity contribution >= 4 is 34.8 Å². The van der Waals surface area contributed by atoms with Gasteiger partial charge in [-0.05, 0) is 37.3 Å². The fourth-order valence-corrected chi connectivity index (χ4v) is 2.09. The van der Waals surface area contributed by atoms with Gasteiger partial charge in [0.05, 0.1) is 11.3 Å². The number of aromatic nitrogens is 1. The average molecular weight is 306 g/mol. The van der Waals surface area contributed by atoms with Gasteiger partial charge in [0.25, 0.3) is 5.91 Å². The summed E-state index contributed by atoms with van der Waals surface area (Å²) in [6.45, 7) is 1.74. The number of hydrogen-bond acceptors (Lipinski definition) is 3. The number of anilines is 1. The number of nitrogens with one attached hydrogen (secondary N) is 1. The zero-order valence-corrected chi connectivity index (χ0v) is 12.0. The lowest BCUT2D eigenvalue weighted by Crippen LogP contribution is -2.13. The van der Waals surface area contributed by atoms with E-state index in [2.05, 4.69) is 10.3 Å². The van der Waals surface area contributed by atoms with Crippen molar-refractivity contribution in [3.63, 3.8) is 0 Å². The molecule has 0 unspecified atom stereocenters. The zero-order chi connectivity index (χ0) is 14.7. The van der Waals surface area contributed by atoms with E-state index in [1.54, 1.807) is 25.1 Å². The van der Waals surface area contributed by atoms with Crippen molar-refractivity contribution < 1.29 is 4.79 Å². The minimum atomic E-state index is -0.379. The highest BCUT2D eigenvalue weighted by Gasteiger charge is 2.11. The molecule has 2 rings (SSSR count). The first-order chi connectivity index (χ1) is 9.49. The maximum Gasteiger partial charge on any atom is 0.255 e. The molecule has 0 aliphatic heterocycles. The molecule has 0 aliphatic rings. The van der Waals surface area contributed by atoms with Crippen LogP contribution in [0.15, 0.2) is 30.3 Å². The number of aryl methyl sites for hydroxylation is 1. The van der Waals surface area contributed by atoms with Crippen molar-refractivity contribution in [2.24, 2.45) is 0 Å². The van der Waals surface area contributed by atoms with Crippen LogP contribution in [-0.4, -0.2) is 10.9 Å². The number of benzene rings is 1. The summed E-state index contributed by atoms with van der Waals surface area (Å²) >= 11 is 11.7. The van der Waals surface area contributed by atoms with Crippen LogP contribution in [0.25, 0.3) is 0 Å². The summed E-state index contributed by atoms with van der Waals surface area (Å²) in [4.78, 5) is 16.1. The van der Waals surface area contributed by atoms with E-state index >= 15 is 0 Å². The third-order valence-corrected chi connectivity index (χ3v) is 2.96. The number of nitriles is 1. The van der Waals surface area contributed by atoms with E-state index in [0.29, 0.717) is 27.5 Å². The Morgan fingerprint density at radius 2 is 2.05 bits per heavy atom. The second kappa shape index (κ2) is 5.91. The molecule has 0 spiro atoms. The molecule has 4 nitrogen and oxygen atoms in total. The van der Waals surface area contributed by atoms with E-state index in [-0.39, 0.29) is 11.1 Å². The lowest BCUT2D eigenvalue weighted by Gasteiger charge is -2.08. The molecule has 100 valence electrons. The highest BCUT2D eigenvalue weighted by Crippen LogP contribution is 2.21. The SMILES string of the molecule is Cc1cc(C(=O)Nc2cc(Cl)ccc2C#N)cc(Cl)n1. The van der Waals surface area contributed by atoms with E-state index in [0.717, 1.165) is 0 Å². The predicted molar refractivity (Wildman–Crippen MR) is 78.1 cm³/mol. The average Bonchev–Trinajstić information content (AvgIpc) is 2.37. The van der Waals surface area contributed by atoms with Gasteiger partial charge in [0.15, 0.2) is 0 Å². The zero-order valence-electron chi connectivity index (χ0n) is 10.4. The molecule has 1 N–H and O–H groups in total. The molecule has 1 aromatic carbocycles. The maximum atomic E-state index is 12.1. The summed E-state index contributed by atoms with van der Waals surface area (Å²) in [5.41, 5.74) is 1.69. The normalized spacial score (nSPS) is 9.90. The molecule has 1 aromatic heterocycles. The number of amides is 1. The predicted octanol–water partition coefficient (Wildman–Crippen LogP) is 3.82. The van der Waals surface area contributed by atoms with Gasteiger partial charge >= 0.3 is 0 Å². The fraction of sp³-hybridized carbons (Fsp3) is 0.0714. The largest absolute Gasteiger partial charge is 0.321 e. The van der Waals surface area contributed by atoms with E-state index < -0.39 is 0 Å². The Bertz CT molecular complexity index is 703. The molecule has 0 aliphatic carbocycles. The van der Waals surface area contributed by atoms with Gasteiger partial charge < -0.3 is 5.32 Å². The summed E-state index contributed by atoms with van der Waals surface area (Å²) < 4.78 is 0. The summed E-state index contributed by atoms with van der Waals surface area (Å²) in [6, 6.07) is 9.71. The Balaban J connectivity index is 2.32. The van der Waals surface area contributed by atoms with Crippen LogP contribution < -0.4 is 5.32 Å². The minimum Gasteiger partial charge on any atom is -0.321 e. The molecule has 20 heavy (non-hydrogen) atoms. The molecule has 0 saturated heterocycles. The molecule has 0 fully saturated rings. The number of carbonyl (C=O) groups is 1. The molecule has 0 atom stereocenters. The summed E-state index contributed by atoms with van der Waals surface area (Å²) in [5.74, 6) is -0.379. The Morgan fingerprint density at radius 1 is 1.30 bits per heavy atom. The third kappa shape index (κ3) is 3.27. The van der Waals surface area contributed by atoms with Gasteiger partial charge in [-0.25, -0.2) is 4.98 Å². The molecule has 6 heteroatoms. The van der Waals surface area contributed by atoms with Crippen LogP contribution in [0, 0.1) is 18.3 Å². The highest BCUT2D eigenvalue weighted by atomic mass is 35.5. The summed E-state index contributed by atoms with van der Waals surface area (Å²) in [6.07, 6.45) is 0. The maximum absolute atomic E-state index is 12.1. The van der Waals surface area contributed by atoms with E-state index in [1.807, 2.05) is 6.07 Å². The number of pyridine rings is 1. The molecule has 1 amide bonds. The van der Waals surface area contributed by atoms with Crippen LogP contribution in [0.2, 0.25) is 10.2 Å². The number of rotatable bonds is 2. The number of nitrogens with zero attached hydrogens (tertiary/aromatic N) is 2. The van der Waals surface area contributed by atoms with Crippen molar-refractivity contribution in [2.75, 3.05) is 5.32 Å². The Kier molecular flexibility index (Phi) is 4.23. The first kappa shape index (κ1) is 14.3. The molecular formula is C14H9Cl2N3O. The number of halogens is 2. The number of hydrogen-bond donors (Lipinski definition) is 1. The summed E-state index contributed by atoms with van der Waals surface area (Å²) in [7, 11) is 0. The van der Waals surface area contributed by atoms with Crippen LogP contribution in [-0.2, 0) is 0 Å². The lowest BCUT2D eigenvalue weighted by molar-refractivity contribution is 0.102. The quantitative estimate of drug-likeness (QED) is 0.858. The molecular weight excluding hydrogens is 297 g/mol. The van der Waals surface area contributed by atoms with Gasteiger partial charge in [0, 0.05) is 16.3 Å². The van der Waals surface area contributed by atoms with Crippen LogP contribution in [0.5, 0.6) is 0 Å². The topological polar surface area (TPSA) is 65.8 Å². The van der Waals surface area contributed by atoms with Gasteiger partial charge in [-0.15, -0.1) is 0 Å². The summed E-state index contributed by atoms with van der Waals surface area (Å²) in [5, 5.41) is 12.3. The van der Waals surface area contributed by atoms with E-state index in [4.69, 9.17) is 28.5 Å². The Hall–Kier alpha value is -2.09. The first-order valence-electron chi connectivity index (χ1n) is 5.65. The second-order valence-corrected chi connectivity index (χ2v) is 4.90. The van der Waals surface area contributed by atoms with Crippen LogP contribution in [0.4, 0.5) is 5.69 Å². The Morgan fingerprint density at radius 3 is 2.70 bits per heavy atom. The van der Waals surface area contributed by atoms with Crippen LogP contribution in [0.1, 0.15) is 21.6 Å². The lowest BCUT2D eigenvalue weighted by atomic mass is 10.1. The smallest absolute Gasteiger partial charge is 0.255 e. The van der Waals surface area contributed by atoms with E-state index in [1.165, 1.54) is 12.1 Å². The Labute approximate surface area is 126 Å². The van der Waals surface area contributed by atoms with Crippen LogP contribution >= 0.6 is 23.2 Å². The van der Waals surface area contributed by atoms with Crippen molar-refractivity contribution in [1.29, 1.82) is 5.26 Å². The van der Waals surface area contributed by atoms with Crippen LogP contribution in [0.3, 0.4) is 0 Å².